The predicted molar refractivity (Wildman–Crippen MR) is 127 cm³/mol. The van der Waals surface area contributed by atoms with E-state index in [0.29, 0.717) is 41.5 Å². The van der Waals surface area contributed by atoms with Gasteiger partial charge in [0.1, 0.15) is 5.01 Å². The summed E-state index contributed by atoms with van der Waals surface area (Å²) in [5.74, 6) is 0.954. The van der Waals surface area contributed by atoms with E-state index in [1.54, 1.807) is 19.4 Å². The molecule has 1 aliphatic carbocycles. The average Bonchev–Trinajstić information content (AvgIpc) is 3.49. The fourth-order valence-corrected chi connectivity index (χ4v) is 4.90. The highest BCUT2D eigenvalue weighted by molar-refractivity contribution is 7.15. The molecule has 11 heteroatoms. The van der Waals surface area contributed by atoms with E-state index in [4.69, 9.17) is 4.74 Å². The van der Waals surface area contributed by atoms with E-state index >= 15 is 0 Å². The molecule has 0 spiro atoms. The van der Waals surface area contributed by atoms with Gasteiger partial charge in [-0.2, -0.15) is 5.10 Å². The van der Waals surface area contributed by atoms with Crippen LogP contribution in [0.3, 0.4) is 0 Å². The largest absolute Gasteiger partial charge is 0.384 e. The molecule has 1 saturated carbocycles. The number of ether oxygens (including phenoxy) is 1. The van der Waals surface area contributed by atoms with E-state index < -0.39 is 0 Å². The van der Waals surface area contributed by atoms with E-state index in [0.717, 1.165) is 36.4 Å². The Morgan fingerprint density at radius 2 is 1.94 bits per heavy atom. The Hall–Kier alpha value is -3.31. The quantitative estimate of drug-likeness (QED) is 0.452. The Labute approximate surface area is 201 Å². The highest BCUT2D eigenvalue weighted by Crippen LogP contribution is 2.41. The van der Waals surface area contributed by atoms with Gasteiger partial charge in [-0.25, -0.2) is 0 Å². The van der Waals surface area contributed by atoms with Crippen LogP contribution in [0, 0.1) is 5.92 Å². The monoisotopic (exact) mass is 481 g/mol. The van der Waals surface area contributed by atoms with Gasteiger partial charge in [0.25, 0.3) is 0 Å². The molecule has 0 aliphatic heterocycles. The summed E-state index contributed by atoms with van der Waals surface area (Å²) in [5.41, 5.74) is 1.60. The number of hydrogen-bond acceptors (Lipinski definition) is 9. The molecule has 34 heavy (non-hydrogen) atoms. The lowest BCUT2D eigenvalue weighted by atomic mass is 10.00. The van der Waals surface area contributed by atoms with Crippen LogP contribution in [0.25, 0.3) is 0 Å². The number of hydrogen-bond donors (Lipinski definition) is 2. The number of carbonyl (C=O) groups excluding carboxylic acids is 2. The molecule has 1 fully saturated rings. The van der Waals surface area contributed by atoms with Gasteiger partial charge in [0.2, 0.25) is 16.9 Å². The molecular weight excluding hydrogens is 454 g/mol. The lowest BCUT2D eigenvalue weighted by Gasteiger charge is -2.09. The zero-order chi connectivity index (χ0) is 23.8. The molecule has 178 valence electrons. The van der Waals surface area contributed by atoms with Gasteiger partial charge < -0.3 is 15.4 Å². The van der Waals surface area contributed by atoms with Gasteiger partial charge in [-0.15, -0.1) is 15.3 Å². The molecule has 0 saturated heterocycles. The smallest absolute Gasteiger partial charge is 0.231 e. The maximum atomic E-state index is 12.2. The molecule has 0 aromatic carbocycles. The first-order chi connectivity index (χ1) is 16.6. The fraction of sp³-hybridized carbons (Fsp3) is 0.435. The molecule has 3 aromatic rings. The molecule has 1 aliphatic rings. The van der Waals surface area contributed by atoms with Gasteiger partial charge in [0, 0.05) is 24.9 Å². The molecule has 0 radical (unpaired) electrons. The third-order valence-electron chi connectivity index (χ3n) is 5.66. The highest BCUT2D eigenvalue weighted by Gasteiger charge is 2.29. The van der Waals surface area contributed by atoms with Crippen molar-refractivity contribution in [2.45, 2.75) is 44.4 Å². The molecule has 2 N–H and O–H groups in total. The minimum atomic E-state index is -0.175. The molecule has 0 unspecified atom stereocenters. The summed E-state index contributed by atoms with van der Waals surface area (Å²) in [6.07, 6.45) is 6.08. The first kappa shape index (κ1) is 23.8. The maximum Gasteiger partial charge on any atom is 0.231 e. The minimum absolute atomic E-state index is 0.121. The van der Waals surface area contributed by atoms with Gasteiger partial charge in [-0.05, 0) is 55.9 Å². The molecule has 10 nitrogen and oxygen atoms in total. The Morgan fingerprint density at radius 1 is 1.03 bits per heavy atom. The third-order valence-corrected chi connectivity index (χ3v) is 6.66. The summed E-state index contributed by atoms with van der Waals surface area (Å²) in [6, 6.07) is 9.17. The number of pyridine rings is 1. The van der Waals surface area contributed by atoms with Crippen LogP contribution in [-0.4, -0.2) is 50.9 Å². The second-order valence-electron chi connectivity index (χ2n) is 8.27. The number of rotatable bonds is 10. The summed E-state index contributed by atoms with van der Waals surface area (Å²) in [4.78, 5) is 28.2. The van der Waals surface area contributed by atoms with E-state index in [9.17, 15) is 9.59 Å². The second kappa shape index (κ2) is 11.7. The van der Waals surface area contributed by atoms with Crippen molar-refractivity contribution in [1.82, 2.24) is 25.4 Å². The van der Waals surface area contributed by atoms with Gasteiger partial charge in [0.05, 0.1) is 25.1 Å². The first-order valence-electron chi connectivity index (χ1n) is 11.2. The van der Waals surface area contributed by atoms with Crippen molar-refractivity contribution in [1.29, 1.82) is 0 Å². The van der Waals surface area contributed by atoms with Gasteiger partial charge in [-0.1, -0.05) is 17.4 Å². The van der Waals surface area contributed by atoms with Gasteiger partial charge >= 0.3 is 0 Å². The highest BCUT2D eigenvalue weighted by atomic mass is 32.1. The summed E-state index contributed by atoms with van der Waals surface area (Å²) in [5, 5.41) is 23.9. The van der Waals surface area contributed by atoms with E-state index in [-0.39, 0.29) is 18.2 Å². The number of amides is 2. The Balaban J connectivity index is 1.24. The van der Waals surface area contributed by atoms with Crippen molar-refractivity contribution in [3.63, 3.8) is 0 Å². The van der Waals surface area contributed by atoms with Crippen LogP contribution >= 0.6 is 11.3 Å². The zero-order valence-electron chi connectivity index (χ0n) is 18.9. The van der Waals surface area contributed by atoms with Crippen LogP contribution in [0.2, 0.25) is 0 Å². The SMILES string of the molecule is COCCC(=O)Nc1nnc([C@@H]2CC[C@H](Cc3ccc(NC(=O)Cc4ccccn4)nn3)C2)s1. The number of carbonyl (C=O) groups is 2. The number of anilines is 2. The number of aromatic nitrogens is 5. The number of nitrogens with zero attached hydrogens (tertiary/aromatic N) is 5. The molecular formula is C23H27N7O3S. The Kier molecular flexibility index (Phi) is 8.21. The molecule has 2 amide bonds. The van der Waals surface area contributed by atoms with Gasteiger partial charge in [-0.3, -0.25) is 14.6 Å². The molecule has 2 atom stereocenters. The minimum Gasteiger partial charge on any atom is -0.384 e. The van der Waals surface area contributed by atoms with Crippen molar-refractivity contribution >= 4 is 34.1 Å². The molecule has 0 bridgehead atoms. The summed E-state index contributed by atoms with van der Waals surface area (Å²) < 4.78 is 4.92. The summed E-state index contributed by atoms with van der Waals surface area (Å²) in [7, 11) is 1.57. The lowest BCUT2D eigenvalue weighted by molar-refractivity contribution is -0.117. The zero-order valence-corrected chi connectivity index (χ0v) is 19.8. The Bertz CT molecular complexity index is 1090. The normalized spacial score (nSPS) is 17.4. The van der Waals surface area contributed by atoms with Crippen LogP contribution in [0.5, 0.6) is 0 Å². The standard InChI is InChI=1S/C23H27N7O3S/c1-33-11-9-20(31)26-23-30-29-22(34-23)16-6-5-15(12-16)13-18-7-8-19(28-27-18)25-21(32)14-17-4-2-3-10-24-17/h2-4,7-8,10,15-16H,5-6,9,11-14H2,1H3,(H,25,28,32)(H,26,30,31)/t15-,16+/m0/s1. The van der Waals surface area contributed by atoms with Crippen molar-refractivity contribution in [3.8, 4) is 0 Å². The predicted octanol–water partition coefficient (Wildman–Crippen LogP) is 3.01. The van der Waals surface area contributed by atoms with Crippen LogP contribution in [-0.2, 0) is 27.2 Å². The van der Waals surface area contributed by atoms with Crippen molar-refractivity contribution in [3.05, 3.63) is 52.9 Å². The fourth-order valence-electron chi connectivity index (χ4n) is 4.00. The van der Waals surface area contributed by atoms with E-state index in [1.165, 1.54) is 11.3 Å². The molecule has 3 heterocycles. The molecule has 3 aromatic heterocycles. The van der Waals surface area contributed by atoms with E-state index in [1.807, 2.05) is 24.3 Å². The summed E-state index contributed by atoms with van der Waals surface area (Å²) in [6.45, 7) is 0.378. The second-order valence-corrected chi connectivity index (χ2v) is 9.28. The summed E-state index contributed by atoms with van der Waals surface area (Å²) >= 11 is 1.44. The Morgan fingerprint density at radius 3 is 2.71 bits per heavy atom. The molecule has 4 rings (SSSR count). The van der Waals surface area contributed by atoms with Crippen LogP contribution in [0.15, 0.2) is 36.5 Å². The number of methoxy groups -OCH3 is 1. The first-order valence-corrected chi connectivity index (χ1v) is 12.0. The van der Waals surface area contributed by atoms with E-state index in [2.05, 4.69) is 36.0 Å². The number of nitrogens with one attached hydrogen (secondary N) is 2. The maximum absolute atomic E-state index is 12.2. The topological polar surface area (TPSA) is 132 Å². The average molecular weight is 482 g/mol. The van der Waals surface area contributed by atoms with Crippen molar-refractivity contribution in [2.24, 2.45) is 5.92 Å². The van der Waals surface area contributed by atoms with Crippen LogP contribution in [0.1, 0.15) is 48.0 Å². The van der Waals surface area contributed by atoms with Crippen LogP contribution < -0.4 is 10.6 Å². The van der Waals surface area contributed by atoms with Crippen molar-refractivity contribution < 1.29 is 14.3 Å². The third kappa shape index (κ3) is 6.84. The van der Waals surface area contributed by atoms with Crippen LogP contribution in [0.4, 0.5) is 10.9 Å². The van der Waals surface area contributed by atoms with Crippen molar-refractivity contribution in [2.75, 3.05) is 24.4 Å². The van der Waals surface area contributed by atoms with Gasteiger partial charge in [0.15, 0.2) is 5.82 Å². The lowest BCUT2D eigenvalue weighted by Crippen LogP contribution is -2.16.